The van der Waals surface area contributed by atoms with Crippen molar-refractivity contribution in [3.05, 3.63) is 99.1 Å². The number of fused-ring (bicyclic) bond motifs is 2. The molecule has 0 fully saturated rings. The second kappa shape index (κ2) is 9.96. The minimum absolute atomic E-state index is 0.0771. The van der Waals surface area contributed by atoms with Crippen molar-refractivity contribution in [1.82, 2.24) is 0 Å². The number of para-hydroxylation sites is 2. The van der Waals surface area contributed by atoms with E-state index in [0.717, 1.165) is 0 Å². The first-order valence-electron chi connectivity index (χ1n) is 10.6. The molecule has 176 valence electrons. The first kappa shape index (κ1) is 23.3. The average molecular weight is 473 g/mol. The highest BCUT2D eigenvalue weighted by Crippen LogP contribution is 2.29. The molecule has 0 saturated heterocycles. The number of esters is 1. The van der Waals surface area contributed by atoms with Crippen LogP contribution in [0.25, 0.3) is 0 Å². The molecule has 0 atom stereocenters. The molecule has 0 bridgehead atoms. The summed E-state index contributed by atoms with van der Waals surface area (Å²) in [5, 5.41) is 16.3. The molecule has 10 nitrogen and oxygen atoms in total. The molecule has 1 aliphatic carbocycles. The molecule has 0 radical (unpaired) electrons. The van der Waals surface area contributed by atoms with Crippen molar-refractivity contribution in [2.24, 2.45) is 0 Å². The molecule has 1 aliphatic rings. The molecule has 0 heterocycles. The first-order chi connectivity index (χ1) is 16.8. The lowest BCUT2D eigenvalue weighted by molar-refractivity contribution is -0.384. The van der Waals surface area contributed by atoms with Gasteiger partial charge in [0.2, 0.25) is 0 Å². The van der Waals surface area contributed by atoms with Gasteiger partial charge in [-0.05, 0) is 24.3 Å². The normalized spacial score (nSPS) is 11.8. The lowest BCUT2D eigenvalue weighted by Crippen LogP contribution is -2.23. The van der Waals surface area contributed by atoms with Crippen molar-refractivity contribution in [1.29, 1.82) is 0 Å². The molecule has 35 heavy (non-hydrogen) atoms. The quantitative estimate of drug-likeness (QED) is 0.225. The number of amides is 1. The number of hydrogen-bond acceptors (Lipinski definition) is 8. The van der Waals surface area contributed by atoms with E-state index in [9.17, 15) is 29.3 Å². The summed E-state index contributed by atoms with van der Waals surface area (Å²) in [5.74, 6) is -1.88. The number of nitrogens with one attached hydrogen (secondary N) is 2. The van der Waals surface area contributed by atoms with Gasteiger partial charge in [0.15, 0.2) is 18.2 Å². The molecule has 0 aromatic heterocycles. The van der Waals surface area contributed by atoms with E-state index in [1.807, 2.05) is 0 Å². The van der Waals surface area contributed by atoms with Gasteiger partial charge in [0, 0.05) is 40.6 Å². The fourth-order valence-electron chi connectivity index (χ4n) is 3.67. The summed E-state index contributed by atoms with van der Waals surface area (Å²) >= 11 is 0. The number of anilines is 2. The zero-order chi connectivity index (χ0) is 24.9. The van der Waals surface area contributed by atoms with Gasteiger partial charge in [0.05, 0.1) is 11.3 Å². The molecular weight excluding hydrogens is 454 g/mol. The van der Waals surface area contributed by atoms with Crippen LogP contribution >= 0.6 is 0 Å². The van der Waals surface area contributed by atoms with E-state index in [4.69, 9.17) is 4.74 Å². The third-order valence-corrected chi connectivity index (χ3v) is 5.32. The van der Waals surface area contributed by atoms with Crippen molar-refractivity contribution in [3.8, 4) is 0 Å². The summed E-state index contributed by atoms with van der Waals surface area (Å²) in [6, 6.07) is 16.9. The largest absolute Gasteiger partial charge is 0.456 e. The first-order valence-corrected chi connectivity index (χ1v) is 10.6. The van der Waals surface area contributed by atoms with E-state index < -0.39 is 23.4 Å². The van der Waals surface area contributed by atoms with Crippen molar-refractivity contribution in [2.45, 2.75) is 6.42 Å². The summed E-state index contributed by atoms with van der Waals surface area (Å²) in [5.41, 5.74) is 1.51. The molecule has 0 aliphatic heterocycles. The molecule has 0 spiro atoms. The molecule has 10 heteroatoms. The third kappa shape index (κ3) is 5.06. The number of nitro benzene ring substituents is 1. The minimum atomic E-state index is -0.672. The molecular formula is C25H19N3O7. The Kier molecular flexibility index (Phi) is 6.63. The van der Waals surface area contributed by atoms with Crippen molar-refractivity contribution < 1.29 is 28.8 Å². The van der Waals surface area contributed by atoms with Gasteiger partial charge < -0.3 is 15.4 Å². The van der Waals surface area contributed by atoms with Crippen LogP contribution in [-0.2, 0) is 14.3 Å². The van der Waals surface area contributed by atoms with Gasteiger partial charge in [-0.3, -0.25) is 29.3 Å². The second-order valence-corrected chi connectivity index (χ2v) is 7.62. The highest BCUT2D eigenvalue weighted by molar-refractivity contribution is 6.28. The third-order valence-electron chi connectivity index (χ3n) is 5.32. The Morgan fingerprint density at radius 3 is 2.20 bits per heavy atom. The van der Waals surface area contributed by atoms with E-state index in [0.29, 0.717) is 11.1 Å². The molecule has 0 saturated carbocycles. The maximum Gasteiger partial charge on any atom is 0.308 e. The Bertz CT molecular complexity index is 1370. The van der Waals surface area contributed by atoms with Gasteiger partial charge in [-0.2, -0.15) is 0 Å². The standard InChI is InChI=1S/C25H19N3O7/c29-22(14-35-23(30)11-12-26-20-7-3-4-8-21(20)28(33)34)27-15-9-10-18-19(13-15)25(32)17-6-2-1-5-16(17)24(18)31/h1-10,13,26H,11-12,14H2,(H,27,29). The van der Waals surface area contributed by atoms with Gasteiger partial charge in [0.1, 0.15) is 5.69 Å². The van der Waals surface area contributed by atoms with E-state index in [-0.39, 0.29) is 52.7 Å². The monoisotopic (exact) mass is 473 g/mol. The van der Waals surface area contributed by atoms with Crippen LogP contribution in [0.2, 0.25) is 0 Å². The lowest BCUT2D eigenvalue weighted by Gasteiger charge is -2.18. The fraction of sp³-hybridized carbons (Fsp3) is 0.120. The van der Waals surface area contributed by atoms with Gasteiger partial charge in [-0.15, -0.1) is 0 Å². The maximum absolute atomic E-state index is 12.8. The predicted octanol–water partition coefficient (Wildman–Crippen LogP) is 3.35. The number of nitro groups is 1. The number of nitrogens with zero attached hydrogens (tertiary/aromatic N) is 1. The molecule has 1 amide bonds. The van der Waals surface area contributed by atoms with Crippen molar-refractivity contribution in [3.63, 3.8) is 0 Å². The summed E-state index contributed by atoms with van der Waals surface area (Å²) in [7, 11) is 0. The van der Waals surface area contributed by atoms with E-state index >= 15 is 0 Å². The van der Waals surface area contributed by atoms with Crippen molar-refractivity contribution >= 4 is 40.5 Å². The summed E-state index contributed by atoms with van der Waals surface area (Å²) in [6.45, 7) is -0.481. The van der Waals surface area contributed by atoms with Gasteiger partial charge in [-0.25, -0.2) is 0 Å². The molecule has 3 aromatic carbocycles. The maximum atomic E-state index is 12.8. The topological polar surface area (TPSA) is 145 Å². The number of carbonyl (C=O) groups excluding carboxylic acids is 4. The van der Waals surface area contributed by atoms with Crippen LogP contribution in [0.3, 0.4) is 0 Å². The second-order valence-electron chi connectivity index (χ2n) is 7.62. The zero-order valence-corrected chi connectivity index (χ0v) is 18.3. The van der Waals surface area contributed by atoms with E-state index in [2.05, 4.69) is 10.6 Å². The van der Waals surface area contributed by atoms with Crippen molar-refractivity contribution in [2.75, 3.05) is 23.8 Å². The Balaban J connectivity index is 1.29. The van der Waals surface area contributed by atoms with Crippen LogP contribution in [-0.4, -0.2) is 41.5 Å². The number of ether oxygens (including phenoxy) is 1. The van der Waals surface area contributed by atoms with Crippen LogP contribution in [0.15, 0.2) is 66.7 Å². The van der Waals surface area contributed by atoms with Crippen LogP contribution in [0.5, 0.6) is 0 Å². The predicted molar refractivity (Wildman–Crippen MR) is 126 cm³/mol. The highest BCUT2D eigenvalue weighted by Gasteiger charge is 2.29. The Morgan fingerprint density at radius 1 is 0.857 bits per heavy atom. The Morgan fingerprint density at radius 2 is 1.49 bits per heavy atom. The molecule has 0 unspecified atom stereocenters. The average Bonchev–Trinajstić information content (AvgIpc) is 2.86. The van der Waals surface area contributed by atoms with Gasteiger partial charge in [0.25, 0.3) is 11.6 Å². The van der Waals surface area contributed by atoms with Gasteiger partial charge in [-0.1, -0.05) is 36.4 Å². The van der Waals surface area contributed by atoms with Crippen LogP contribution < -0.4 is 10.6 Å². The fourth-order valence-corrected chi connectivity index (χ4v) is 3.67. The van der Waals surface area contributed by atoms with Crippen LogP contribution in [0.4, 0.5) is 17.1 Å². The number of hydrogen-bond donors (Lipinski definition) is 2. The summed E-state index contributed by atoms with van der Waals surface area (Å²) in [4.78, 5) is 60.1. The zero-order valence-electron chi connectivity index (χ0n) is 18.3. The van der Waals surface area contributed by atoms with Crippen LogP contribution in [0.1, 0.15) is 38.3 Å². The minimum Gasteiger partial charge on any atom is -0.456 e. The highest BCUT2D eigenvalue weighted by atomic mass is 16.6. The SMILES string of the molecule is O=C(COC(=O)CCNc1ccccc1[N+](=O)[O-])Nc1ccc2c(c1)C(=O)c1ccccc1C2=O. The Hall–Kier alpha value is -4.86. The van der Waals surface area contributed by atoms with Gasteiger partial charge >= 0.3 is 5.97 Å². The molecule has 3 aromatic rings. The molecule has 4 rings (SSSR count). The number of benzene rings is 3. The smallest absolute Gasteiger partial charge is 0.308 e. The molecule has 2 N–H and O–H groups in total. The number of ketones is 2. The lowest BCUT2D eigenvalue weighted by atomic mass is 9.84. The summed E-state index contributed by atoms with van der Waals surface area (Å²) < 4.78 is 4.94. The van der Waals surface area contributed by atoms with E-state index in [1.165, 1.54) is 36.4 Å². The number of rotatable bonds is 8. The Labute approximate surface area is 199 Å². The summed E-state index contributed by atoms with van der Waals surface area (Å²) in [6.07, 6.45) is -0.117. The van der Waals surface area contributed by atoms with Crippen LogP contribution in [0, 0.1) is 10.1 Å². The number of carbonyl (C=O) groups is 4. The van der Waals surface area contributed by atoms with E-state index in [1.54, 1.807) is 30.3 Å².